The molecule has 0 heterocycles. The van der Waals surface area contributed by atoms with Crippen molar-refractivity contribution in [3.05, 3.63) is 59.2 Å². The number of amides is 1. The van der Waals surface area contributed by atoms with Crippen LogP contribution in [0, 0.1) is 25.5 Å². The van der Waals surface area contributed by atoms with E-state index in [1.165, 1.54) is 6.92 Å². The first-order valence-electron chi connectivity index (χ1n) is 7.83. The number of anilines is 2. The third kappa shape index (κ3) is 4.37. The lowest BCUT2D eigenvalue weighted by atomic mass is 10.1. The maximum Gasteiger partial charge on any atom is 0.248 e. The fraction of sp³-hybridized carbons (Fsp3) is 0.278. The van der Waals surface area contributed by atoms with Crippen molar-refractivity contribution in [3.63, 3.8) is 0 Å². The van der Waals surface area contributed by atoms with Gasteiger partial charge in [0.25, 0.3) is 0 Å². The molecule has 1 amide bonds. The molecule has 140 valence electrons. The largest absolute Gasteiger partial charge is 0.324 e. The van der Waals surface area contributed by atoms with Crippen LogP contribution in [0.2, 0.25) is 0 Å². The highest BCUT2D eigenvalue weighted by atomic mass is 32.2. The van der Waals surface area contributed by atoms with Gasteiger partial charge in [0.1, 0.15) is 6.04 Å². The van der Waals surface area contributed by atoms with Crippen molar-refractivity contribution >= 4 is 27.3 Å². The summed E-state index contributed by atoms with van der Waals surface area (Å²) in [5, 5.41) is 2.69. The lowest BCUT2D eigenvalue weighted by molar-refractivity contribution is -0.116. The van der Waals surface area contributed by atoms with Crippen molar-refractivity contribution in [2.75, 3.05) is 15.9 Å². The molecule has 0 saturated heterocycles. The minimum atomic E-state index is -3.92. The summed E-state index contributed by atoms with van der Waals surface area (Å²) < 4.78 is 51.8. The minimum Gasteiger partial charge on any atom is -0.324 e. The fourth-order valence-corrected chi connectivity index (χ4v) is 3.71. The van der Waals surface area contributed by atoms with Crippen LogP contribution < -0.4 is 9.62 Å². The molecule has 0 aliphatic heterocycles. The number of carbonyl (C=O) groups excluding carboxylic acids is 1. The zero-order valence-corrected chi connectivity index (χ0v) is 15.7. The van der Waals surface area contributed by atoms with Crippen LogP contribution in [-0.4, -0.2) is 26.6 Å². The van der Waals surface area contributed by atoms with Gasteiger partial charge in [0.05, 0.1) is 11.9 Å². The van der Waals surface area contributed by atoms with Crippen LogP contribution in [0.3, 0.4) is 0 Å². The third-order valence-electron chi connectivity index (χ3n) is 3.90. The molecule has 8 heteroatoms. The van der Waals surface area contributed by atoms with Gasteiger partial charge in [-0.3, -0.25) is 9.10 Å². The number of carbonyl (C=O) groups is 1. The SMILES string of the molecule is Cc1ccc(C)c(NC(=O)[C@H](C)N(c2ccc(F)c(F)c2)S(C)(=O)=O)c1. The normalized spacial score (nSPS) is 12.5. The zero-order chi connectivity index (χ0) is 19.6. The van der Waals surface area contributed by atoms with E-state index in [1.807, 2.05) is 26.0 Å². The smallest absolute Gasteiger partial charge is 0.248 e. The molecular weight excluding hydrogens is 362 g/mol. The molecule has 1 N–H and O–H groups in total. The van der Waals surface area contributed by atoms with Crippen LogP contribution in [0.1, 0.15) is 18.1 Å². The molecule has 2 aromatic carbocycles. The van der Waals surface area contributed by atoms with Gasteiger partial charge < -0.3 is 5.32 Å². The van der Waals surface area contributed by atoms with E-state index in [2.05, 4.69) is 5.32 Å². The summed E-state index contributed by atoms with van der Waals surface area (Å²) in [6.07, 6.45) is 0.899. The number of hydrogen-bond donors (Lipinski definition) is 1. The number of nitrogens with zero attached hydrogens (tertiary/aromatic N) is 1. The van der Waals surface area contributed by atoms with E-state index in [0.29, 0.717) is 5.69 Å². The Labute approximate surface area is 151 Å². The highest BCUT2D eigenvalue weighted by molar-refractivity contribution is 7.92. The second-order valence-corrected chi connectivity index (χ2v) is 8.00. The molecule has 0 aromatic heterocycles. The highest BCUT2D eigenvalue weighted by Crippen LogP contribution is 2.24. The van der Waals surface area contributed by atoms with Crippen LogP contribution in [0.15, 0.2) is 36.4 Å². The number of nitrogens with one attached hydrogen (secondary N) is 1. The second-order valence-electron chi connectivity index (χ2n) is 6.14. The molecule has 2 rings (SSSR count). The summed E-state index contributed by atoms with van der Waals surface area (Å²) >= 11 is 0. The van der Waals surface area contributed by atoms with Crippen molar-refractivity contribution in [3.8, 4) is 0 Å². The summed E-state index contributed by atoms with van der Waals surface area (Å²) in [7, 11) is -3.92. The highest BCUT2D eigenvalue weighted by Gasteiger charge is 2.30. The molecule has 2 aromatic rings. The molecule has 0 unspecified atom stereocenters. The molecule has 0 aliphatic carbocycles. The van der Waals surface area contributed by atoms with Crippen LogP contribution in [0.5, 0.6) is 0 Å². The average Bonchev–Trinajstić information content (AvgIpc) is 2.53. The summed E-state index contributed by atoms with van der Waals surface area (Å²) in [5.74, 6) is -2.89. The number of halogens is 2. The van der Waals surface area contributed by atoms with Crippen LogP contribution in [0.25, 0.3) is 0 Å². The van der Waals surface area contributed by atoms with Gasteiger partial charge in [-0.15, -0.1) is 0 Å². The Hall–Kier alpha value is -2.48. The van der Waals surface area contributed by atoms with E-state index in [0.717, 1.165) is 39.9 Å². The average molecular weight is 382 g/mol. The van der Waals surface area contributed by atoms with Crippen molar-refractivity contribution in [2.24, 2.45) is 0 Å². The van der Waals surface area contributed by atoms with Crippen molar-refractivity contribution in [2.45, 2.75) is 26.8 Å². The van der Waals surface area contributed by atoms with Gasteiger partial charge in [-0.25, -0.2) is 17.2 Å². The van der Waals surface area contributed by atoms with E-state index in [1.54, 1.807) is 6.07 Å². The first kappa shape index (κ1) is 19.8. The molecule has 0 fully saturated rings. The van der Waals surface area contributed by atoms with Gasteiger partial charge in [-0.2, -0.15) is 0 Å². The Morgan fingerprint density at radius 2 is 1.73 bits per heavy atom. The predicted octanol–water partition coefficient (Wildman–Crippen LogP) is 3.37. The molecule has 0 bridgehead atoms. The maximum atomic E-state index is 13.5. The molecule has 0 aliphatic rings. The second kappa shape index (κ2) is 7.41. The monoisotopic (exact) mass is 382 g/mol. The standard InChI is InChI=1S/C18H20F2N2O3S/c1-11-5-6-12(2)17(9-11)21-18(23)13(3)22(26(4,24)25)14-7-8-15(19)16(20)10-14/h5-10,13H,1-4H3,(H,21,23)/t13-/m0/s1. The Morgan fingerprint density at radius 3 is 2.31 bits per heavy atom. The van der Waals surface area contributed by atoms with Crippen LogP contribution >= 0.6 is 0 Å². The first-order valence-corrected chi connectivity index (χ1v) is 9.68. The number of sulfonamides is 1. The van der Waals surface area contributed by atoms with E-state index in [9.17, 15) is 22.0 Å². The Kier molecular flexibility index (Phi) is 5.65. The van der Waals surface area contributed by atoms with Crippen molar-refractivity contribution < 1.29 is 22.0 Å². The minimum absolute atomic E-state index is 0.130. The summed E-state index contributed by atoms with van der Waals surface area (Å²) in [6.45, 7) is 5.05. The first-order chi connectivity index (χ1) is 12.0. The maximum absolute atomic E-state index is 13.5. The predicted molar refractivity (Wildman–Crippen MR) is 97.7 cm³/mol. The molecule has 0 spiro atoms. The van der Waals surface area contributed by atoms with Crippen molar-refractivity contribution in [1.82, 2.24) is 0 Å². The molecular formula is C18H20F2N2O3S. The Morgan fingerprint density at radius 1 is 1.08 bits per heavy atom. The van der Waals surface area contributed by atoms with Gasteiger partial charge in [0.2, 0.25) is 15.9 Å². The summed E-state index contributed by atoms with van der Waals surface area (Å²) in [6, 6.07) is 6.99. The van der Waals surface area contributed by atoms with Crippen molar-refractivity contribution in [1.29, 1.82) is 0 Å². The van der Waals surface area contributed by atoms with E-state index in [-0.39, 0.29) is 5.69 Å². The molecule has 0 saturated carbocycles. The van der Waals surface area contributed by atoms with E-state index < -0.39 is 33.6 Å². The van der Waals surface area contributed by atoms with Gasteiger partial charge >= 0.3 is 0 Å². The lowest BCUT2D eigenvalue weighted by Gasteiger charge is -2.28. The number of aryl methyl sites for hydroxylation is 2. The van der Waals surface area contributed by atoms with Crippen LogP contribution in [0.4, 0.5) is 20.2 Å². The van der Waals surface area contributed by atoms with Gasteiger partial charge in [-0.1, -0.05) is 12.1 Å². The Balaban J connectivity index is 2.37. The van der Waals surface area contributed by atoms with E-state index in [4.69, 9.17) is 0 Å². The van der Waals surface area contributed by atoms with Gasteiger partial charge in [0, 0.05) is 11.8 Å². The quantitative estimate of drug-likeness (QED) is 0.862. The van der Waals surface area contributed by atoms with E-state index >= 15 is 0 Å². The van der Waals surface area contributed by atoms with Gasteiger partial charge in [-0.05, 0) is 50.1 Å². The molecule has 1 atom stereocenters. The third-order valence-corrected chi connectivity index (χ3v) is 5.14. The lowest BCUT2D eigenvalue weighted by Crippen LogP contribution is -2.45. The number of rotatable bonds is 5. The molecule has 5 nitrogen and oxygen atoms in total. The van der Waals surface area contributed by atoms with Crippen LogP contribution in [-0.2, 0) is 14.8 Å². The number of hydrogen-bond acceptors (Lipinski definition) is 3. The Bertz CT molecular complexity index is 945. The summed E-state index contributed by atoms with van der Waals surface area (Å²) in [4.78, 5) is 12.6. The topological polar surface area (TPSA) is 66.5 Å². The summed E-state index contributed by atoms with van der Waals surface area (Å²) in [5.41, 5.74) is 2.17. The van der Waals surface area contributed by atoms with Gasteiger partial charge in [0.15, 0.2) is 11.6 Å². The fourth-order valence-electron chi connectivity index (χ4n) is 2.54. The molecule has 26 heavy (non-hydrogen) atoms. The zero-order valence-electron chi connectivity index (χ0n) is 14.9. The number of benzene rings is 2. The molecule has 0 radical (unpaired) electrons.